The Kier molecular flexibility index (Phi) is 4.56. The number of carbonyl (C=O) groups is 2. The van der Waals surface area contributed by atoms with Crippen molar-refractivity contribution in [3.63, 3.8) is 0 Å². The maximum Gasteiger partial charge on any atom is 0.337 e. The Morgan fingerprint density at radius 3 is 2.60 bits per heavy atom. The number of aryl methyl sites for hydroxylation is 1. The first-order valence-corrected chi connectivity index (χ1v) is 7.55. The van der Waals surface area contributed by atoms with Gasteiger partial charge in [-0.3, -0.25) is 9.36 Å². The van der Waals surface area contributed by atoms with E-state index in [9.17, 15) is 9.59 Å². The first-order chi connectivity index (χ1) is 12.1. The molecule has 0 saturated heterocycles. The number of anilines is 1. The molecule has 0 bridgehead atoms. The first kappa shape index (κ1) is 16.4. The molecule has 126 valence electrons. The van der Waals surface area contributed by atoms with Gasteiger partial charge in [0.15, 0.2) is 5.82 Å². The molecule has 3 rings (SSSR count). The molecule has 1 aromatic carbocycles. The Bertz CT molecular complexity index is 933. The molecular formula is C18H16N4O3. The number of pyridine rings is 1. The zero-order valence-electron chi connectivity index (χ0n) is 13.8. The van der Waals surface area contributed by atoms with Crippen LogP contribution >= 0.6 is 0 Å². The molecule has 2 aromatic heterocycles. The van der Waals surface area contributed by atoms with Crippen molar-refractivity contribution in [2.45, 2.75) is 6.92 Å². The number of methoxy groups -OCH3 is 1. The molecule has 7 heteroatoms. The zero-order valence-corrected chi connectivity index (χ0v) is 13.8. The Morgan fingerprint density at radius 1 is 1.08 bits per heavy atom. The van der Waals surface area contributed by atoms with Crippen molar-refractivity contribution in [2.24, 2.45) is 0 Å². The maximum atomic E-state index is 12.6. The van der Waals surface area contributed by atoms with Crippen LogP contribution in [-0.4, -0.2) is 33.5 Å². The predicted molar refractivity (Wildman–Crippen MR) is 91.8 cm³/mol. The van der Waals surface area contributed by atoms with Crippen molar-refractivity contribution in [3.05, 3.63) is 71.9 Å². The Labute approximate surface area is 144 Å². The van der Waals surface area contributed by atoms with Gasteiger partial charge in [-0.05, 0) is 37.3 Å². The van der Waals surface area contributed by atoms with E-state index in [0.717, 1.165) is 5.82 Å². The molecule has 0 unspecified atom stereocenters. The summed E-state index contributed by atoms with van der Waals surface area (Å²) in [6.45, 7) is 1.85. The average Bonchev–Trinajstić information content (AvgIpc) is 3.07. The first-order valence-electron chi connectivity index (χ1n) is 7.55. The van der Waals surface area contributed by atoms with Crippen LogP contribution < -0.4 is 5.32 Å². The highest BCUT2D eigenvalue weighted by molar-refractivity contribution is 6.06. The summed E-state index contributed by atoms with van der Waals surface area (Å²) in [6, 6.07) is 9.82. The molecule has 1 N–H and O–H groups in total. The molecule has 7 nitrogen and oxygen atoms in total. The highest BCUT2D eigenvalue weighted by Crippen LogP contribution is 2.19. The van der Waals surface area contributed by atoms with Crippen molar-refractivity contribution in [2.75, 3.05) is 12.4 Å². The number of benzene rings is 1. The summed E-state index contributed by atoms with van der Waals surface area (Å²) in [5.74, 6) is 0.473. The van der Waals surface area contributed by atoms with Crippen LogP contribution in [0.2, 0.25) is 0 Å². The summed E-state index contributed by atoms with van der Waals surface area (Å²) in [5, 5.41) is 2.82. The van der Waals surface area contributed by atoms with Crippen molar-refractivity contribution in [3.8, 4) is 5.82 Å². The van der Waals surface area contributed by atoms with E-state index in [1.807, 2.05) is 6.92 Å². The maximum absolute atomic E-state index is 12.6. The minimum Gasteiger partial charge on any atom is -0.465 e. The molecule has 3 aromatic rings. The third-order valence-corrected chi connectivity index (χ3v) is 3.63. The Hall–Kier alpha value is -3.48. The number of ether oxygens (including phenoxy) is 1. The lowest BCUT2D eigenvalue weighted by Gasteiger charge is -2.12. The van der Waals surface area contributed by atoms with E-state index in [0.29, 0.717) is 22.6 Å². The van der Waals surface area contributed by atoms with E-state index in [1.54, 1.807) is 53.5 Å². The highest BCUT2D eigenvalue weighted by atomic mass is 16.5. The van der Waals surface area contributed by atoms with Gasteiger partial charge in [-0.2, -0.15) is 0 Å². The van der Waals surface area contributed by atoms with Crippen LogP contribution in [0.5, 0.6) is 0 Å². The highest BCUT2D eigenvalue weighted by Gasteiger charge is 2.14. The van der Waals surface area contributed by atoms with Gasteiger partial charge in [-0.25, -0.2) is 14.8 Å². The van der Waals surface area contributed by atoms with Gasteiger partial charge in [0.25, 0.3) is 5.91 Å². The largest absolute Gasteiger partial charge is 0.465 e. The molecule has 25 heavy (non-hydrogen) atoms. The fraction of sp³-hybridized carbons (Fsp3) is 0.111. The molecule has 0 radical (unpaired) electrons. The number of amides is 1. The van der Waals surface area contributed by atoms with E-state index in [1.165, 1.54) is 13.2 Å². The van der Waals surface area contributed by atoms with Gasteiger partial charge in [0.1, 0.15) is 5.82 Å². The van der Waals surface area contributed by atoms with E-state index >= 15 is 0 Å². The van der Waals surface area contributed by atoms with Crippen LogP contribution in [-0.2, 0) is 4.74 Å². The summed E-state index contributed by atoms with van der Waals surface area (Å²) in [4.78, 5) is 32.7. The van der Waals surface area contributed by atoms with Crippen molar-refractivity contribution in [1.29, 1.82) is 0 Å². The number of nitrogens with zero attached hydrogens (tertiary/aromatic N) is 3. The third kappa shape index (κ3) is 3.40. The molecule has 0 atom stereocenters. The lowest BCUT2D eigenvalue weighted by molar-refractivity contribution is 0.0600. The molecule has 0 aliphatic heterocycles. The number of hydrogen-bond donors (Lipinski definition) is 1. The van der Waals surface area contributed by atoms with Crippen LogP contribution in [0.4, 0.5) is 5.69 Å². The van der Waals surface area contributed by atoms with Gasteiger partial charge in [-0.15, -0.1) is 0 Å². The van der Waals surface area contributed by atoms with Gasteiger partial charge in [-0.1, -0.05) is 6.07 Å². The van der Waals surface area contributed by atoms with E-state index in [-0.39, 0.29) is 5.91 Å². The summed E-state index contributed by atoms with van der Waals surface area (Å²) < 4.78 is 6.46. The van der Waals surface area contributed by atoms with Crippen LogP contribution in [0.25, 0.3) is 5.82 Å². The molecule has 0 fully saturated rings. The lowest BCUT2D eigenvalue weighted by atomic mass is 10.1. The quantitative estimate of drug-likeness (QED) is 0.740. The van der Waals surface area contributed by atoms with Crippen molar-refractivity contribution in [1.82, 2.24) is 14.5 Å². The van der Waals surface area contributed by atoms with Gasteiger partial charge in [0.05, 0.1) is 18.4 Å². The lowest BCUT2D eigenvalue weighted by Crippen LogP contribution is -2.15. The monoisotopic (exact) mass is 336 g/mol. The molecule has 0 aliphatic carbocycles. The number of carbonyl (C=O) groups excluding carboxylic acids is 2. The van der Waals surface area contributed by atoms with Crippen LogP contribution in [0.3, 0.4) is 0 Å². The number of imidazole rings is 1. The normalized spacial score (nSPS) is 10.3. The molecule has 0 aliphatic rings. The van der Waals surface area contributed by atoms with Crippen molar-refractivity contribution >= 4 is 17.6 Å². The van der Waals surface area contributed by atoms with Gasteiger partial charge in [0.2, 0.25) is 0 Å². The second-order valence-electron chi connectivity index (χ2n) is 5.25. The summed E-state index contributed by atoms with van der Waals surface area (Å²) in [6.07, 6.45) is 5.07. The Morgan fingerprint density at radius 2 is 1.88 bits per heavy atom. The fourth-order valence-electron chi connectivity index (χ4n) is 2.39. The minimum absolute atomic E-state index is 0.312. The van der Waals surface area contributed by atoms with Crippen molar-refractivity contribution < 1.29 is 14.3 Å². The summed E-state index contributed by atoms with van der Waals surface area (Å²) in [5.41, 5.74) is 1.20. The van der Waals surface area contributed by atoms with Gasteiger partial charge in [0, 0.05) is 24.2 Å². The Balaban J connectivity index is 1.90. The topological polar surface area (TPSA) is 86.1 Å². The van der Waals surface area contributed by atoms with Gasteiger partial charge < -0.3 is 10.1 Å². The third-order valence-electron chi connectivity index (χ3n) is 3.63. The molecule has 0 saturated carbocycles. The van der Waals surface area contributed by atoms with Crippen LogP contribution in [0, 0.1) is 6.92 Å². The van der Waals surface area contributed by atoms with E-state index in [4.69, 9.17) is 0 Å². The molecule has 1 amide bonds. The van der Waals surface area contributed by atoms with E-state index in [2.05, 4.69) is 20.0 Å². The zero-order chi connectivity index (χ0) is 17.8. The van der Waals surface area contributed by atoms with Gasteiger partial charge >= 0.3 is 5.97 Å². The fourth-order valence-corrected chi connectivity index (χ4v) is 2.39. The minimum atomic E-state index is -0.495. The molecule has 0 spiro atoms. The standard InChI is InChI=1S/C18H16N4O3/c1-12-19-9-10-22(12)16-15(7-4-8-20-16)21-17(23)13-5-3-6-14(11-13)18(24)25-2/h3-11H,1-2H3,(H,21,23). The molecule has 2 heterocycles. The second kappa shape index (κ2) is 6.96. The number of esters is 1. The smallest absolute Gasteiger partial charge is 0.337 e. The van der Waals surface area contributed by atoms with E-state index < -0.39 is 5.97 Å². The van der Waals surface area contributed by atoms with Crippen LogP contribution in [0.1, 0.15) is 26.5 Å². The SMILES string of the molecule is COC(=O)c1cccc(C(=O)Nc2cccnc2-n2ccnc2C)c1. The number of rotatable bonds is 4. The summed E-state index contributed by atoms with van der Waals surface area (Å²) >= 11 is 0. The molecular weight excluding hydrogens is 320 g/mol. The number of nitrogens with one attached hydrogen (secondary N) is 1. The number of aromatic nitrogens is 3. The predicted octanol–water partition coefficient (Wildman–Crippen LogP) is 2.61. The summed E-state index contributed by atoms with van der Waals surface area (Å²) in [7, 11) is 1.30. The number of hydrogen-bond acceptors (Lipinski definition) is 5. The average molecular weight is 336 g/mol. The second-order valence-corrected chi connectivity index (χ2v) is 5.25. The van der Waals surface area contributed by atoms with Crippen LogP contribution in [0.15, 0.2) is 55.0 Å².